The van der Waals surface area contributed by atoms with Crippen LogP contribution in [-0.2, 0) is 23.8 Å². The van der Waals surface area contributed by atoms with Crippen LogP contribution in [0, 0.1) is 45.3 Å². The molecule has 7 nitrogen and oxygen atoms in total. The molecular weight excluding hydrogens is 565 g/mol. The number of allylic oxidation sites excluding steroid dienone is 4. The highest BCUT2D eigenvalue weighted by molar-refractivity contribution is 6.01. The van der Waals surface area contributed by atoms with Gasteiger partial charge in [0.25, 0.3) is 0 Å². The number of esters is 1. The number of carbonyl (C=O) groups excluding carboxylic acids is 3. The first-order valence-electron chi connectivity index (χ1n) is 15.5. The lowest BCUT2D eigenvalue weighted by Crippen LogP contribution is -2.71. The molecule has 0 aromatic heterocycles. The van der Waals surface area contributed by atoms with Crippen LogP contribution < -0.4 is 0 Å². The van der Waals surface area contributed by atoms with Gasteiger partial charge in [-0.25, -0.2) is 22.8 Å². The molecule has 12 atom stereocenters. The topological polar surface area (TPSA) is 99.1 Å². The van der Waals surface area contributed by atoms with Gasteiger partial charge in [0.1, 0.15) is 12.3 Å². The average molecular weight is 609 g/mol. The molecule has 6 aliphatic carbocycles. The molecule has 0 amide bonds. The van der Waals surface area contributed by atoms with Gasteiger partial charge < -0.3 is 19.3 Å². The first-order chi connectivity index (χ1) is 19.9. The third-order valence-corrected chi connectivity index (χ3v) is 13.7. The van der Waals surface area contributed by atoms with Crippen LogP contribution >= 0.6 is 0 Å². The molecule has 0 aromatic rings. The van der Waals surface area contributed by atoms with Crippen LogP contribution in [-0.4, -0.2) is 59.5 Å². The fourth-order valence-electron chi connectivity index (χ4n) is 11.0. The van der Waals surface area contributed by atoms with E-state index in [9.17, 15) is 23.9 Å². The highest BCUT2D eigenvalue weighted by Crippen LogP contribution is 2.72. The lowest BCUT2D eigenvalue weighted by Gasteiger charge is -2.62. The number of ketones is 1. The number of halogens is 3. The maximum atomic E-state index is 17.6. The van der Waals surface area contributed by atoms with Gasteiger partial charge in [-0.1, -0.05) is 40.7 Å². The van der Waals surface area contributed by atoms with E-state index in [1.807, 2.05) is 0 Å². The maximum absolute atomic E-state index is 17.6. The van der Waals surface area contributed by atoms with Crippen LogP contribution in [0.2, 0.25) is 0 Å². The fraction of sp³-hybridized carbons (Fsp3) is 0.788. The number of ether oxygens (including phenoxy) is 3. The number of hydrogen-bond donors (Lipinski definition) is 1. The van der Waals surface area contributed by atoms with Crippen molar-refractivity contribution in [3.8, 4) is 0 Å². The van der Waals surface area contributed by atoms with Crippen molar-refractivity contribution in [3.63, 3.8) is 0 Å². The van der Waals surface area contributed by atoms with Crippen molar-refractivity contribution in [2.75, 3.05) is 6.86 Å². The molecule has 0 aliphatic heterocycles. The number of carbonyl (C=O) groups is 3. The zero-order valence-corrected chi connectivity index (χ0v) is 25.8. The molecule has 1 N–H and O–H groups in total. The molecular formula is C33H43F3O7. The highest BCUT2D eigenvalue weighted by atomic mass is 19.1. The van der Waals surface area contributed by atoms with E-state index < -0.39 is 83.0 Å². The predicted octanol–water partition coefficient (Wildman–Crippen LogP) is 6.13. The van der Waals surface area contributed by atoms with Crippen molar-refractivity contribution in [1.82, 2.24) is 0 Å². The summed E-state index contributed by atoms with van der Waals surface area (Å²) >= 11 is 0. The Balaban J connectivity index is 1.37. The summed E-state index contributed by atoms with van der Waals surface area (Å²) < 4.78 is 63.7. The molecule has 10 heteroatoms. The van der Waals surface area contributed by atoms with Crippen LogP contribution in [0.5, 0.6) is 0 Å². The van der Waals surface area contributed by atoms with Gasteiger partial charge in [0.05, 0.1) is 6.10 Å². The molecule has 6 aliphatic rings. The summed E-state index contributed by atoms with van der Waals surface area (Å²) in [5.41, 5.74) is -7.64. The first-order valence-corrected chi connectivity index (χ1v) is 15.5. The Kier molecular flexibility index (Phi) is 6.65. The van der Waals surface area contributed by atoms with Crippen molar-refractivity contribution < 1.29 is 46.9 Å². The molecule has 0 spiro atoms. The van der Waals surface area contributed by atoms with Gasteiger partial charge in [-0.05, 0) is 79.9 Å². The molecule has 0 heterocycles. The quantitative estimate of drug-likeness (QED) is 0.384. The Bertz CT molecular complexity index is 1310. The summed E-state index contributed by atoms with van der Waals surface area (Å²) in [6.07, 6.45) is 0.724. The number of hydrogen-bond acceptors (Lipinski definition) is 7. The van der Waals surface area contributed by atoms with E-state index in [-0.39, 0.29) is 41.6 Å². The second-order valence-corrected chi connectivity index (χ2v) is 15.4. The maximum Gasteiger partial charge on any atom is 0.509 e. The number of alkyl halides is 3. The predicted molar refractivity (Wildman–Crippen MR) is 149 cm³/mol. The fourth-order valence-corrected chi connectivity index (χ4v) is 11.0. The monoisotopic (exact) mass is 608 g/mol. The van der Waals surface area contributed by atoms with Crippen molar-refractivity contribution in [2.45, 2.75) is 110 Å². The van der Waals surface area contributed by atoms with Gasteiger partial charge in [-0.3, -0.25) is 4.79 Å². The van der Waals surface area contributed by atoms with Crippen molar-refractivity contribution >= 4 is 17.9 Å². The van der Waals surface area contributed by atoms with E-state index in [1.54, 1.807) is 13.8 Å². The number of aliphatic hydroxyl groups is 1. The minimum atomic E-state index is -2.38. The van der Waals surface area contributed by atoms with E-state index >= 15 is 8.78 Å². The van der Waals surface area contributed by atoms with Gasteiger partial charge in [0.15, 0.2) is 11.5 Å². The Labute approximate surface area is 250 Å². The molecule has 238 valence electrons. The first kappa shape index (κ1) is 30.7. The third-order valence-electron chi connectivity index (χ3n) is 13.7. The normalized spacial score (nSPS) is 50.8. The molecule has 0 radical (unpaired) electrons. The summed E-state index contributed by atoms with van der Waals surface area (Å²) in [4.78, 5) is 39.4. The Morgan fingerprint density at radius 2 is 1.77 bits per heavy atom. The molecule has 5 fully saturated rings. The molecule has 43 heavy (non-hydrogen) atoms. The van der Waals surface area contributed by atoms with Gasteiger partial charge in [-0.2, -0.15) is 0 Å². The Morgan fingerprint density at radius 1 is 1.07 bits per heavy atom. The van der Waals surface area contributed by atoms with Crippen LogP contribution in [0.25, 0.3) is 0 Å². The smallest absolute Gasteiger partial charge is 0.431 e. The van der Waals surface area contributed by atoms with Crippen LogP contribution in [0.3, 0.4) is 0 Å². The standard InChI is InChI=1S/C33H43F3O7/c1-17-11-20-21-13-23(35)22-12-18(37)7-10-30(22,5)32(21,36)25(38)15-31(20,6)33(17,26(39)41-16-34)43-27(40)42-24-14-29(4)9-8-19(24)28(29,2)3/h7,10,12,17,19-21,23-25,38H,8-9,11,13-16H2,1-6H3/t17-,19+,20+,21+,23+,24+,25+,29+,30+,31+,32+,33+/m1/s1. The Morgan fingerprint density at radius 3 is 2.37 bits per heavy atom. The molecule has 5 saturated carbocycles. The zero-order chi connectivity index (χ0) is 31.5. The molecule has 0 aromatic carbocycles. The Hall–Kier alpha value is -2.36. The summed E-state index contributed by atoms with van der Waals surface area (Å²) in [7, 11) is 0. The number of rotatable bonds is 4. The average Bonchev–Trinajstić information content (AvgIpc) is 3.36. The minimum absolute atomic E-state index is 0.0159. The van der Waals surface area contributed by atoms with Gasteiger partial charge in [0.2, 0.25) is 12.5 Å². The molecule has 0 unspecified atom stereocenters. The van der Waals surface area contributed by atoms with Crippen LogP contribution in [0.15, 0.2) is 23.8 Å². The lowest BCUT2D eigenvalue weighted by atomic mass is 9.44. The molecule has 0 saturated heterocycles. The van der Waals surface area contributed by atoms with E-state index in [0.29, 0.717) is 6.42 Å². The van der Waals surface area contributed by atoms with E-state index in [0.717, 1.165) is 18.9 Å². The third kappa shape index (κ3) is 3.62. The van der Waals surface area contributed by atoms with Crippen molar-refractivity contribution in [3.05, 3.63) is 23.8 Å². The number of aliphatic hydroxyl groups excluding tert-OH is 1. The van der Waals surface area contributed by atoms with E-state index in [1.165, 1.54) is 19.1 Å². The summed E-state index contributed by atoms with van der Waals surface area (Å²) in [5.74, 6) is -4.12. The van der Waals surface area contributed by atoms with Gasteiger partial charge in [-0.15, -0.1) is 0 Å². The van der Waals surface area contributed by atoms with E-state index in [2.05, 4.69) is 20.8 Å². The highest BCUT2D eigenvalue weighted by Gasteiger charge is 2.79. The van der Waals surface area contributed by atoms with Crippen LogP contribution in [0.1, 0.15) is 80.1 Å². The lowest BCUT2D eigenvalue weighted by molar-refractivity contribution is -0.235. The summed E-state index contributed by atoms with van der Waals surface area (Å²) in [5, 5.41) is 11.6. The summed E-state index contributed by atoms with van der Waals surface area (Å²) in [6.45, 7) is 9.78. The second-order valence-electron chi connectivity index (χ2n) is 15.4. The summed E-state index contributed by atoms with van der Waals surface area (Å²) in [6, 6.07) is 0. The second kappa shape index (κ2) is 9.33. The molecule has 2 bridgehead atoms. The zero-order valence-electron chi connectivity index (χ0n) is 25.8. The van der Waals surface area contributed by atoms with E-state index in [4.69, 9.17) is 14.2 Å². The van der Waals surface area contributed by atoms with Gasteiger partial charge in [0, 0.05) is 28.6 Å². The minimum Gasteiger partial charge on any atom is -0.431 e. The van der Waals surface area contributed by atoms with Crippen LogP contribution in [0.4, 0.5) is 18.0 Å². The SMILES string of the molecule is C[C@@H]1C[C@H]2[C@@H]3C[C@H](F)C4=CC(=O)C=C[C@]4(C)[C@@]3(F)[C@@H](O)C[C@]2(C)[C@@]1(OC(=O)O[C@H]1C[C@]2(C)CC[C@@H]1C2(C)C)C(=O)OCF. The van der Waals surface area contributed by atoms with Crippen molar-refractivity contribution in [2.24, 2.45) is 45.3 Å². The number of fused-ring (bicyclic) bond motifs is 7. The molecule has 6 rings (SSSR count). The van der Waals surface area contributed by atoms with Gasteiger partial charge >= 0.3 is 12.1 Å². The largest absolute Gasteiger partial charge is 0.509 e. The van der Waals surface area contributed by atoms with Crippen molar-refractivity contribution in [1.29, 1.82) is 0 Å².